The summed E-state index contributed by atoms with van der Waals surface area (Å²) in [5.41, 5.74) is 1.44. The maximum Gasteiger partial charge on any atom is 0.0285 e. The van der Waals surface area contributed by atoms with Crippen molar-refractivity contribution in [2.45, 2.75) is 39.2 Å². The van der Waals surface area contributed by atoms with E-state index >= 15 is 0 Å². The molecule has 1 aliphatic carbocycles. The molecule has 13 heavy (non-hydrogen) atoms. The zero-order valence-electron chi connectivity index (χ0n) is 9.01. The summed E-state index contributed by atoms with van der Waals surface area (Å²) in [6.07, 6.45) is 10.9. The summed E-state index contributed by atoms with van der Waals surface area (Å²) in [4.78, 5) is 0. The van der Waals surface area contributed by atoms with Crippen LogP contribution in [0.1, 0.15) is 33.1 Å². The lowest BCUT2D eigenvalue weighted by Crippen LogP contribution is -2.23. The molecule has 1 nitrogen and oxygen atoms in total. The van der Waals surface area contributed by atoms with Crippen molar-refractivity contribution in [2.75, 3.05) is 7.05 Å². The van der Waals surface area contributed by atoms with Crippen LogP contribution in [-0.2, 0) is 0 Å². The van der Waals surface area contributed by atoms with Gasteiger partial charge in [-0.05, 0) is 38.3 Å². The van der Waals surface area contributed by atoms with Crippen LogP contribution in [0.4, 0.5) is 0 Å². The molecule has 2 atom stereocenters. The quantitative estimate of drug-likeness (QED) is 0.699. The predicted molar refractivity (Wildman–Crippen MR) is 58.8 cm³/mol. The first-order valence-electron chi connectivity index (χ1n) is 5.33. The fourth-order valence-corrected chi connectivity index (χ4v) is 1.75. The Hall–Kier alpha value is -0.560. The molecule has 0 saturated carbocycles. The van der Waals surface area contributed by atoms with Crippen LogP contribution in [0.25, 0.3) is 0 Å². The second kappa shape index (κ2) is 5.23. The Bertz CT molecular complexity index is 203. The summed E-state index contributed by atoms with van der Waals surface area (Å²) in [6.45, 7) is 4.46. The molecular weight excluding hydrogens is 158 g/mol. The second-order valence-corrected chi connectivity index (χ2v) is 3.86. The van der Waals surface area contributed by atoms with Crippen molar-refractivity contribution < 1.29 is 0 Å². The molecule has 0 aliphatic heterocycles. The number of nitrogens with one attached hydrogen (secondary N) is 1. The highest BCUT2D eigenvalue weighted by atomic mass is 14.9. The summed E-state index contributed by atoms with van der Waals surface area (Å²) in [5.74, 6) is 0.790. The first-order valence-corrected chi connectivity index (χ1v) is 5.33. The third kappa shape index (κ3) is 3.00. The van der Waals surface area contributed by atoms with Gasteiger partial charge in [-0.15, -0.1) is 0 Å². The van der Waals surface area contributed by atoms with E-state index in [0.717, 1.165) is 5.92 Å². The molecule has 1 N–H and O–H groups in total. The standard InChI is InChI=1S/C12H21N/c1-4-5-11-6-8-12(9-7-11)10(2)13-3/h6,8-11,13H,4-5,7H2,1-3H3. The van der Waals surface area contributed by atoms with Crippen molar-refractivity contribution in [3.8, 4) is 0 Å². The Kier molecular flexibility index (Phi) is 4.23. The smallest absolute Gasteiger partial charge is 0.0285 e. The van der Waals surface area contributed by atoms with Crippen LogP contribution in [-0.4, -0.2) is 13.1 Å². The first kappa shape index (κ1) is 10.5. The lowest BCUT2D eigenvalue weighted by molar-refractivity contribution is 0.573. The van der Waals surface area contributed by atoms with Gasteiger partial charge < -0.3 is 5.32 Å². The molecule has 0 aromatic carbocycles. The van der Waals surface area contributed by atoms with Crippen molar-refractivity contribution >= 4 is 0 Å². The summed E-state index contributed by atoms with van der Waals surface area (Å²) in [7, 11) is 2.01. The van der Waals surface area contributed by atoms with E-state index in [9.17, 15) is 0 Å². The Labute approximate surface area is 81.9 Å². The second-order valence-electron chi connectivity index (χ2n) is 3.86. The number of hydrogen-bond donors (Lipinski definition) is 1. The Morgan fingerprint density at radius 1 is 1.62 bits per heavy atom. The molecule has 1 aliphatic rings. The van der Waals surface area contributed by atoms with Crippen LogP contribution in [0.3, 0.4) is 0 Å². The first-order chi connectivity index (χ1) is 6.27. The van der Waals surface area contributed by atoms with Crippen LogP contribution < -0.4 is 5.32 Å². The van der Waals surface area contributed by atoms with E-state index in [1.165, 1.54) is 24.8 Å². The SMILES string of the molecule is CCCC1C=CC(C(C)NC)=CC1. The van der Waals surface area contributed by atoms with Gasteiger partial charge in [-0.25, -0.2) is 0 Å². The molecule has 1 heteroatoms. The molecule has 0 amide bonds. The third-order valence-electron chi connectivity index (χ3n) is 2.81. The minimum atomic E-state index is 0.499. The third-order valence-corrected chi connectivity index (χ3v) is 2.81. The molecular formula is C12H21N. The molecule has 1 rings (SSSR count). The highest BCUT2D eigenvalue weighted by Crippen LogP contribution is 2.21. The molecule has 0 heterocycles. The zero-order valence-corrected chi connectivity index (χ0v) is 9.01. The fourth-order valence-electron chi connectivity index (χ4n) is 1.75. The maximum atomic E-state index is 3.26. The number of rotatable bonds is 4. The fraction of sp³-hybridized carbons (Fsp3) is 0.667. The van der Waals surface area contributed by atoms with Crippen LogP contribution in [0.2, 0.25) is 0 Å². The van der Waals surface area contributed by atoms with Gasteiger partial charge in [0.05, 0.1) is 0 Å². The summed E-state index contributed by atoms with van der Waals surface area (Å²) in [6, 6.07) is 0.499. The topological polar surface area (TPSA) is 12.0 Å². The minimum Gasteiger partial charge on any atom is -0.313 e. The van der Waals surface area contributed by atoms with Crippen LogP contribution in [0, 0.1) is 5.92 Å². The number of hydrogen-bond acceptors (Lipinski definition) is 1. The zero-order chi connectivity index (χ0) is 9.68. The Balaban J connectivity index is 2.45. The predicted octanol–water partition coefficient (Wildman–Crippen LogP) is 2.90. The lowest BCUT2D eigenvalue weighted by Gasteiger charge is -2.19. The van der Waals surface area contributed by atoms with E-state index in [4.69, 9.17) is 0 Å². The van der Waals surface area contributed by atoms with Gasteiger partial charge in [0.2, 0.25) is 0 Å². The molecule has 0 fully saturated rings. The van der Waals surface area contributed by atoms with Crippen molar-refractivity contribution in [3.63, 3.8) is 0 Å². The molecule has 0 aromatic heterocycles. The monoisotopic (exact) mass is 179 g/mol. The van der Waals surface area contributed by atoms with E-state index in [1.54, 1.807) is 0 Å². The van der Waals surface area contributed by atoms with Crippen LogP contribution in [0.15, 0.2) is 23.8 Å². The lowest BCUT2D eigenvalue weighted by atomic mass is 9.91. The van der Waals surface area contributed by atoms with E-state index in [2.05, 4.69) is 37.4 Å². The molecule has 0 radical (unpaired) electrons. The van der Waals surface area contributed by atoms with E-state index in [0.29, 0.717) is 6.04 Å². The van der Waals surface area contributed by atoms with Gasteiger partial charge in [0.1, 0.15) is 0 Å². The van der Waals surface area contributed by atoms with Crippen molar-refractivity contribution in [1.82, 2.24) is 5.32 Å². The van der Waals surface area contributed by atoms with E-state index < -0.39 is 0 Å². The van der Waals surface area contributed by atoms with E-state index in [1.807, 2.05) is 7.05 Å². The van der Waals surface area contributed by atoms with Gasteiger partial charge in [0.15, 0.2) is 0 Å². The molecule has 0 bridgehead atoms. The summed E-state index contributed by atoms with van der Waals surface area (Å²) < 4.78 is 0. The van der Waals surface area contributed by atoms with Crippen LogP contribution >= 0.6 is 0 Å². The van der Waals surface area contributed by atoms with Gasteiger partial charge in [0, 0.05) is 6.04 Å². The summed E-state index contributed by atoms with van der Waals surface area (Å²) in [5, 5.41) is 3.26. The maximum absolute atomic E-state index is 3.26. The molecule has 2 unspecified atom stereocenters. The molecule has 74 valence electrons. The number of likely N-dealkylation sites (N-methyl/N-ethyl adjacent to an activating group) is 1. The minimum absolute atomic E-state index is 0.499. The van der Waals surface area contributed by atoms with E-state index in [-0.39, 0.29) is 0 Å². The van der Waals surface area contributed by atoms with Crippen molar-refractivity contribution in [3.05, 3.63) is 23.8 Å². The molecule has 0 saturated heterocycles. The average Bonchev–Trinajstić information content (AvgIpc) is 2.18. The molecule has 0 spiro atoms. The van der Waals surface area contributed by atoms with Crippen LogP contribution in [0.5, 0.6) is 0 Å². The van der Waals surface area contributed by atoms with Gasteiger partial charge in [-0.2, -0.15) is 0 Å². The Morgan fingerprint density at radius 3 is 2.85 bits per heavy atom. The largest absolute Gasteiger partial charge is 0.313 e. The normalized spacial score (nSPS) is 24.2. The average molecular weight is 179 g/mol. The highest BCUT2D eigenvalue weighted by molar-refractivity contribution is 5.27. The van der Waals surface area contributed by atoms with Gasteiger partial charge in [0.25, 0.3) is 0 Å². The van der Waals surface area contributed by atoms with Crippen molar-refractivity contribution in [2.24, 2.45) is 5.92 Å². The number of allylic oxidation sites excluding steroid dienone is 2. The van der Waals surface area contributed by atoms with Gasteiger partial charge in [-0.3, -0.25) is 0 Å². The van der Waals surface area contributed by atoms with Gasteiger partial charge in [-0.1, -0.05) is 31.6 Å². The van der Waals surface area contributed by atoms with Gasteiger partial charge >= 0.3 is 0 Å². The highest BCUT2D eigenvalue weighted by Gasteiger charge is 2.10. The molecule has 0 aromatic rings. The van der Waals surface area contributed by atoms with Crippen molar-refractivity contribution in [1.29, 1.82) is 0 Å². The Morgan fingerprint density at radius 2 is 2.38 bits per heavy atom. The summed E-state index contributed by atoms with van der Waals surface area (Å²) >= 11 is 0.